The van der Waals surface area contributed by atoms with E-state index in [0.717, 1.165) is 30.3 Å². The molecule has 192 valence electrons. The SMILES string of the molecule is CC1CC1COC(C(=O)Nc1cc(F)cc(F)c1)=C(C=N)N1CC[NH2+]C1c1ccccc1CS(=O)[O-]. The van der Waals surface area contributed by atoms with Gasteiger partial charge in [-0.25, -0.2) is 8.78 Å². The lowest BCUT2D eigenvalue weighted by molar-refractivity contribution is -0.685. The number of nitrogens with zero attached hydrogens (tertiary/aromatic N) is 1. The summed E-state index contributed by atoms with van der Waals surface area (Å²) >= 11 is -2.29. The van der Waals surface area contributed by atoms with Crippen LogP contribution in [0.4, 0.5) is 14.5 Å². The fraction of sp³-hybridized carbons (Fsp3) is 0.360. The number of ether oxygens (including phenoxy) is 1. The van der Waals surface area contributed by atoms with Gasteiger partial charge in [-0.15, -0.1) is 0 Å². The van der Waals surface area contributed by atoms with Gasteiger partial charge in [0, 0.05) is 29.3 Å². The van der Waals surface area contributed by atoms with E-state index in [1.807, 2.05) is 22.3 Å². The van der Waals surface area contributed by atoms with Gasteiger partial charge in [0.1, 0.15) is 17.3 Å². The Bertz CT molecular complexity index is 1190. The predicted octanol–water partition coefficient (Wildman–Crippen LogP) is 2.39. The number of quaternary nitrogens is 1. The Hall–Kier alpha value is -3.15. The summed E-state index contributed by atoms with van der Waals surface area (Å²) in [5.41, 5.74) is 1.50. The smallest absolute Gasteiger partial charge is 0.293 e. The van der Waals surface area contributed by atoms with Crippen LogP contribution in [0, 0.1) is 28.9 Å². The number of benzene rings is 2. The van der Waals surface area contributed by atoms with Crippen molar-refractivity contribution in [3.05, 3.63) is 76.7 Å². The molecule has 36 heavy (non-hydrogen) atoms. The van der Waals surface area contributed by atoms with Gasteiger partial charge in [0.25, 0.3) is 5.91 Å². The number of carbonyl (C=O) groups excluding carboxylic acids is 1. The number of anilines is 1. The molecule has 2 aromatic carbocycles. The van der Waals surface area contributed by atoms with Gasteiger partial charge in [0.15, 0.2) is 6.17 Å². The van der Waals surface area contributed by atoms with Gasteiger partial charge in [-0.1, -0.05) is 42.3 Å². The summed E-state index contributed by atoms with van der Waals surface area (Å²) in [6.45, 7) is 3.46. The van der Waals surface area contributed by atoms with Crippen molar-refractivity contribution in [1.29, 1.82) is 5.41 Å². The Balaban J connectivity index is 1.69. The van der Waals surface area contributed by atoms with Gasteiger partial charge >= 0.3 is 0 Å². The van der Waals surface area contributed by atoms with Crippen molar-refractivity contribution in [2.45, 2.75) is 25.3 Å². The van der Waals surface area contributed by atoms with Crippen LogP contribution in [0.15, 0.2) is 53.9 Å². The van der Waals surface area contributed by atoms with Crippen molar-refractivity contribution < 1.29 is 32.4 Å². The molecule has 2 fully saturated rings. The average molecular weight is 519 g/mol. The Morgan fingerprint density at radius 3 is 2.64 bits per heavy atom. The molecule has 0 aromatic heterocycles. The molecular weight excluding hydrogens is 490 g/mol. The van der Waals surface area contributed by atoms with E-state index in [9.17, 15) is 22.3 Å². The Labute approximate surface area is 210 Å². The monoisotopic (exact) mass is 518 g/mol. The van der Waals surface area contributed by atoms with Gasteiger partial charge in [-0.3, -0.25) is 9.00 Å². The first-order chi connectivity index (χ1) is 17.3. The number of nitrogens with two attached hydrogens (primary N) is 1. The van der Waals surface area contributed by atoms with Crippen LogP contribution in [0.1, 0.15) is 30.6 Å². The number of halogens is 2. The number of carbonyl (C=O) groups is 1. The number of rotatable bonds is 10. The average Bonchev–Trinajstić information content (AvgIpc) is 3.31. The topological polar surface area (TPSA) is 122 Å². The van der Waals surface area contributed by atoms with Crippen LogP contribution >= 0.6 is 0 Å². The summed E-state index contributed by atoms with van der Waals surface area (Å²) < 4.78 is 56.2. The highest BCUT2D eigenvalue weighted by Gasteiger charge is 2.37. The van der Waals surface area contributed by atoms with Crippen LogP contribution < -0.4 is 10.6 Å². The molecule has 0 bridgehead atoms. The molecule has 4 atom stereocenters. The molecule has 0 radical (unpaired) electrons. The van der Waals surface area contributed by atoms with Gasteiger partial charge < -0.3 is 30.2 Å². The van der Waals surface area contributed by atoms with Crippen molar-refractivity contribution in [2.24, 2.45) is 11.8 Å². The molecule has 1 saturated heterocycles. The van der Waals surface area contributed by atoms with Crippen LogP contribution in [0.5, 0.6) is 0 Å². The highest BCUT2D eigenvalue weighted by Crippen LogP contribution is 2.38. The first-order valence-electron chi connectivity index (χ1n) is 11.7. The third-order valence-electron chi connectivity index (χ3n) is 6.47. The van der Waals surface area contributed by atoms with E-state index in [1.165, 1.54) is 0 Å². The molecule has 0 spiro atoms. The van der Waals surface area contributed by atoms with Crippen LogP contribution in [0.3, 0.4) is 0 Å². The van der Waals surface area contributed by atoms with E-state index >= 15 is 0 Å². The standard InChI is InChI=1S/C25H28F2N4O4S/c1-15-8-17(15)13-35-23(25(32)30-20-10-18(26)9-19(27)11-20)22(12-28)31-7-6-29-24(31)21-5-3-2-4-16(21)14-36(33)34/h2-5,9-12,15,17,24,28-29H,6-8,13-14H2,1H3,(H,30,32)(H,33,34). The summed E-state index contributed by atoms with van der Waals surface area (Å²) in [7, 11) is 0. The number of amides is 1. The molecule has 2 aromatic rings. The second-order valence-electron chi connectivity index (χ2n) is 9.06. The van der Waals surface area contributed by atoms with Crippen LogP contribution in [-0.4, -0.2) is 45.5 Å². The highest BCUT2D eigenvalue weighted by atomic mass is 32.2. The third-order valence-corrected chi connectivity index (χ3v) is 7.01. The molecule has 1 amide bonds. The quantitative estimate of drug-likeness (QED) is 0.193. The fourth-order valence-corrected chi connectivity index (χ4v) is 4.97. The number of hydrogen-bond acceptors (Lipinski definition) is 6. The second kappa shape index (κ2) is 11.3. The van der Waals surface area contributed by atoms with Crippen molar-refractivity contribution in [3.63, 3.8) is 0 Å². The highest BCUT2D eigenvalue weighted by molar-refractivity contribution is 7.78. The fourth-order valence-electron chi connectivity index (χ4n) is 4.45. The van der Waals surface area contributed by atoms with Gasteiger partial charge in [-0.2, -0.15) is 0 Å². The Morgan fingerprint density at radius 1 is 1.31 bits per heavy atom. The van der Waals surface area contributed by atoms with E-state index in [-0.39, 0.29) is 41.6 Å². The molecule has 11 heteroatoms. The van der Waals surface area contributed by atoms with Crippen molar-refractivity contribution in [2.75, 3.05) is 25.0 Å². The van der Waals surface area contributed by atoms with Crippen LogP contribution in [-0.2, 0) is 26.4 Å². The lowest BCUT2D eigenvalue weighted by atomic mass is 10.1. The second-order valence-corrected chi connectivity index (χ2v) is 9.96. The Morgan fingerprint density at radius 2 is 2.00 bits per heavy atom. The lowest BCUT2D eigenvalue weighted by Crippen LogP contribution is -2.83. The molecule has 4 unspecified atom stereocenters. The number of allylic oxidation sites excluding steroid dienone is 1. The molecule has 4 rings (SSSR count). The van der Waals surface area contributed by atoms with Crippen LogP contribution in [0.25, 0.3) is 0 Å². The predicted molar refractivity (Wildman–Crippen MR) is 129 cm³/mol. The normalized spacial score (nSPS) is 22.6. The van der Waals surface area contributed by atoms with E-state index in [2.05, 4.69) is 12.2 Å². The molecule has 4 N–H and O–H groups in total. The minimum absolute atomic E-state index is 0.0736. The van der Waals surface area contributed by atoms with E-state index in [4.69, 9.17) is 10.1 Å². The minimum atomic E-state index is -2.29. The van der Waals surface area contributed by atoms with Gasteiger partial charge in [0.2, 0.25) is 5.76 Å². The first-order valence-corrected chi connectivity index (χ1v) is 12.9. The van der Waals surface area contributed by atoms with Crippen molar-refractivity contribution in [3.8, 4) is 0 Å². The maximum Gasteiger partial charge on any atom is 0.293 e. The summed E-state index contributed by atoms with van der Waals surface area (Å²) in [6, 6.07) is 9.83. The van der Waals surface area contributed by atoms with E-state index in [0.29, 0.717) is 30.6 Å². The molecule has 2 aliphatic rings. The summed E-state index contributed by atoms with van der Waals surface area (Å²) in [5, 5.41) is 12.6. The van der Waals surface area contributed by atoms with Crippen LogP contribution in [0.2, 0.25) is 0 Å². The number of nitrogens with one attached hydrogen (secondary N) is 2. The molecule has 1 heterocycles. The van der Waals surface area contributed by atoms with Gasteiger partial charge in [-0.05, 0) is 36.0 Å². The lowest BCUT2D eigenvalue weighted by Gasteiger charge is -2.27. The van der Waals surface area contributed by atoms with E-state index in [1.54, 1.807) is 12.1 Å². The molecule has 1 aliphatic heterocycles. The maximum atomic E-state index is 13.7. The van der Waals surface area contributed by atoms with Crippen molar-refractivity contribution in [1.82, 2.24) is 4.90 Å². The summed E-state index contributed by atoms with van der Waals surface area (Å²) in [4.78, 5) is 15.1. The van der Waals surface area contributed by atoms with Crippen molar-refractivity contribution >= 4 is 28.9 Å². The minimum Gasteiger partial charge on any atom is -0.772 e. The molecule has 1 saturated carbocycles. The zero-order valence-corrected chi connectivity index (χ0v) is 20.5. The first kappa shape index (κ1) is 25.9. The zero-order valence-electron chi connectivity index (χ0n) is 19.7. The number of hydrogen-bond donors (Lipinski definition) is 3. The molecule has 8 nitrogen and oxygen atoms in total. The molecule has 1 aliphatic carbocycles. The largest absolute Gasteiger partial charge is 0.772 e. The zero-order chi connectivity index (χ0) is 25.8. The van der Waals surface area contributed by atoms with Gasteiger partial charge in [0.05, 0.1) is 19.7 Å². The third kappa shape index (κ3) is 6.15. The Kier molecular flexibility index (Phi) is 8.12. The maximum absolute atomic E-state index is 13.7. The summed E-state index contributed by atoms with van der Waals surface area (Å²) in [5.74, 6) is -1.95. The van der Waals surface area contributed by atoms with E-state index < -0.39 is 28.6 Å². The molecular formula is C25H28F2N4O4S. The summed E-state index contributed by atoms with van der Waals surface area (Å²) in [6.07, 6.45) is 1.60.